The molecule has 31 heavy (non-hydrogen) atoms. The summed E-state index contributed by atoms with van der Waals surface area (Å²) in [5.41, 5.74) is 2.15. The van der Waals surface area contributed by atoms with E-state index in [1.165, 1.54) is 27.8 Å². The molecular formula is C23H20F3NO3S. The largest absolute Gasteiger partial charge is 0.453 e. The van der Waals surface area contributed by atoms with Crippen molar-refractivity contribution in [2.24, 2.45) is 0 Å². The van der Waals surface area contributed by atoms with Crippen molar-refractivity contribution < 1.29 is 27.5 Å². The first-order valence-corrected chi connectivity index (χ1v) is 10.7. The lowest BCUT2D eigenvalue weighted by molar-refractivity contribution is -0.137. The van der Waals surface area contributed by atoms with Crippen molar-refractivity contribution in [1.29, 1.82) is 0 Å². The Bertz CT molecular complexity index is 1150. The minimum Gasteiger partial charge on any atom is -0.453 e. The summed E-state index contributed by atoms with van der Waals surface area (Å²) in [6, 6.07) is 8.37. The van der Waals surface area contributed by atoms with E-state index in [9.17, 15) is 22.8 Å². The number of nitrogens with zero attached hydrogens (tertiary/aromatic N) is 1. The summed E-state index contributed by atoms with van der Waals surface area (Å²) in [7, 11) is 0. The summed E-state index contributed by atoms with van der Waals surface area (Å²) < 4.78 is 46.0. The van der Waals surface area contributed by atoms with Crippen LogP contribution >= 0.6 is 11.3 Å². The van der Waals surface area contributed by atoms with Crippen molar-refractivity contribution in [3.8, 4) is 5.69 Å². The molecule has 1 aliphatic rings. The summed E-state index contributed by atoms with van der Waals surface area (Å²) in [4.78, 5) is 26.7. The number of aryl methyl sites for hydroxylation is 3. The first kappa shape index (κ1) is 21.4. The predicted molar refractivity (Wildman–Crippen MR) is 111 cm³/mol. The van der Waals surface area contributed by atoms with E-state index in [-0.39, 0.29) is 0 Å². The highest BCUT2D eigenvalue weighted by Crippen LogP contribution is 2.32. The molecule has 0 N–H and O–H groups in total. The van der Waals surface area contributed by atoms with Crippen molar-refractivity contribution in [2.75, 3.05) is 6.61 Å². The van der Waals surface area contributed by atoms with Crippen LogP contribution in [0.2, 0.25) is 0 Å². The molecule has 1 aromatic carbocycles. The van der Waals surface area contributed by atoms with Gasteiger partial charge in [0.1, 0.15) is 4.88 Å². The summed E-state index contributed by atoms with van der Waals surface area (Å²) in [5, 5.41) is 0. The fourth-order valence-corrected chi connectivity index (χ4v) is 5.12. The molecule has 4 rings (SSSR count). The zero-order valence-corrected chi connectivity index (χ0v) is 17.8. The van der Waals surface area contributed by atoms with Gasteiger partial charge in [0.2, 0.25) is 5.78 Å². The number of ether oxygens (including phenoxy) is 1. The van der Waals surface area contributed by atoms with Crippen molar-refractivity contribution in [2.45, 2.75) is 39.3 Å². The van der Waals surface area contributed by atoms with E-state index in [0.29, 0.717) is 27.5 Å². The lowest BCUT2D eigenvalue weighted by Crippen LogP contribution is -2.14. The molecule has 0 unspecified atom stereocenters. The first-order valence-electron chi connectivity index (χ1n) is 9.83. The Hall–Kier alpha value is -2.87. The number of halogens is 3. The number of hydrogen-bond donors (Lipinski definition) is 0. The van der Waals surface area contributed by atoms with Gasteiger partial charge in [-0.3, -0.25) is 4.79 Å². The highest BCUT2D eigenvalue weighted by atomic mass is 32.1. The molecule has 4 nitrogen and oxygen atoms in total. The third-order valence-electron chi connectivity index (χ3n) is 5.45. The van der Waals surface area contributed by atoms with Crippen LogP contribution in [0.1, 0.15) is 53.8 Å². The van der Waals surface area contributed by atoms with E-state index >= 15 is 0 Å². The second-order valence-corrected chi connectivity index (χ2v) is 8.72. The molecule has 0 amide bonds. The van der Waals surface area contributed by atoms with Crippen LogP contribution in [0.5, 0.6) is 0 Å². The number of aromatic nitrogens is 1. The standard InChI is InChI=1S/C23H20F3NO3S/c1-13-9-18(14(2)27(13)17-7-4-6-16(11-17)23(24,25)26)19(28)12-30-22(29)21-10-15-5-3-8-20(15)31-21/h4,6-7,9-11H,3,5,8,12H2,1-2H3. The average molecular weight is 447 g/mol. The number of benzene rings is 1. The number of alkyl halides is 3. The van der Waals surface area contributed by atoms with Crippen molar-refractivity contribution in [1.82, 2.24) is 4.57 Å². The molecule has 162 valence electrons. The lowest BCUT2D eigenvalue weighted by Gasteiger charge is -2.13. The SMILES string of the molecule is Cc1cc(C(=O)COC(=O)c2cc3c(s2)CCC3)c(C)n1-c1cccc(C(F)(F)F)c1. The topological polar surface area (TPSA) is 48.3 Å². The number of carbonyl (C=O) groups is 2. The number of thiophene rings is 1. The van der Waals surface area contributed by atoms with Crippen molar-refractivity contribution in [3.63, 3.8) is 0 Å². The molecule has 0 spiro atoms. The highest BCUT2D eigenvalue weighted by Gasteiger charge is 2.31. The van der Waals surface area contributed by atoms with Gasteiger partial charge in [-0.15, -0.1) is 11.3 Å². The Kier molecular flexibility index (Phi) is 5.51. The Morgan fingerprint density at radius 3 is 2.61 bits per heavy atom. The third-order valence-corrected chi connectivity index (χ3v) is 6.66. The van der Waals surface area contributed by atoms with E-state index in [1.54, 1.807) is 30.5 Å². The lowest BCUT2D eigenvalue weighted by atomic mass is 10.1. The summed E-state index contributed by atoms with van der Waals surface area (Å²) >= 11 is 1.41. The summed E-state index contributed by atoms with van der Waals surface area (Å²) in [6.07, 6.45) is -1.44. The van der Waals surface area contributed by atoms with Gasteiger partial charge in [-0.1, -0.05) is 6.07 Å². The average Bonchev–Trinajstić information content (AvgIpc) is 3.39. The molecule has 0 saturated carbocycles. The molecule has 0 aliphatic heterocycles. The van der Waals surface area contributed by atoms with E-state index < -0.39 is 30.1 Å². The van der Waals surface area contributed by atoms with Gasteiger partial charge < -0.3 is 9.30 Å². The molecule has 0 saturated heterocycles. The molecule has 1 aliphatic carbocycles. The van der Waals surface area contributed by atoms with Gasteiger partial charge in [0.15, 0.2) is 6.61 Å². The van der Waals surface area contributed by atoms with Crippen LogP contribution in [0.4, 0.5) is 13.2 Å². The first-order chi connectivity index (χ1) is 14.6. The molecule has 2 heterocycles. The van der Waals surface area contributed by atoms with Gasteiger partial charge in [0.05, 0.1) is 5.56 Å². The minimum atomic E-state index is -4.46. The fraction of sp³-hybridized carbons (Fsp3) is 0.304. The van der Waals surface area contributed by atoms with Gasteiger partial charge in [-0.2, -0.15) is 13.2 Å². The Morgan fingerprint density at radius 1 is 1.13 bits per heavy atom. The van der Waals surface area contributed by atoms with Crippen molar-refractivity contribution in [3.05, 3.63) is 74.2 Å². The van der Waals surface area contributed by atoms with E-state index in [1.807, 2.05) is 6.07 Å². The second kappa shape index (κ2) is 8.00. The van der Waals surface area contributed by atoms with Gasteiger partial charge in [-0.05, 0) is 69.0 Å². The van der Waals surface area contributed by atoms with E-state index in [2.05, 4.69) is 0 Å². The molecule has 0 bridgehead atoms. The summed E-state index contributed by atoms with van der Waals surface area (Å²) in [5.74, 6) is -0.928. The maximum Gasteiger partial charge on any atom is 0.416 e. The van der Waals surface area contributed by atoms with Crippen LogP contribution in [0, 0.1) is 13.8 Å². The number of carbonyl (C=O) groups excluding carboxylic acids is 2. The van der Waals surface area contributed by atoms with E-state index in [0.717, 1.165) is 31.4 Å². The number of esters is 1. The van der Waals surface area contributed by atoms with Gasteiger partial charge in [0.25, 0.3) is 0 Å². The van der Waals surface area contributed by atoms with Gasteiger partial charge in [-0.25, -0.2) is 4.79 Å². The number of Topliss-reactive ketones (excluding diaryl/α,β-unsaturated/α-hetero) is 1. The molecular weight excluding hydrogens is 427 g/mol. The highest BCUT2D eigenvalue weighted by molar-refractivity contribution is 7.14. The fourth-order valence-electron chi connectivity index (χ4n) is 3.97. The van der Waals surface area contributed by atoms with Gasteiger partial charge in [0, 0.05) is 27.5 Å². The molecule has 3 aromatic rings. The Labute approximate surface area is 181 Å². The summed E-state index contributed by atoms with van der Waals surface area (Å²) in [6.45, 7) is 2.95. The number of ketones is 1. The van der Waals surface area contributed by atoms with Crippen LogP contribution in [-0.2, 0) is 23.8 Å². The molecule has 0 radical (unpaired) electrons. The molecule has 8 heteroatoms. The Balaban J connectivity index is 1.51. The third kappa shape index (κ3) is 4.17. The zero-order chi connectivity index (χ0) is 22.3. The maximum absolute atomic E-state index is 13.1. The molecule has 2 aromatic heterocycles. The van der Waals surface area contributed by atoms with Crippen LogP contribution in [0.15, 0.2) is 36.4 Å². The second-order valence-electron chi connectivity index (χ2n) is 7.58. The van der Waals surface area contributed by atoms with Crippen LogP contribution in [-0.4, -0.2) is 22.9 Å². The van der Waals surface area contributed by atoms with Crippen molar-refractivity contribution >= 4 is 23.1 Å². The van der Waals surface area contributed by atoms with E-state index in [4.69, 9.17) is 4.74 Å². The van der Waals surface area contributed by atoms with Crippen LogP contribution < -0.4 is 0 Å². The Morgan fingerprint density at radius 2 is 1.90 bits per heavy atom. The number of hydrogen-bond acceptors (Lipinski definition) is 4. The van der Waals surface area contributed by atoms with Gasteiger partial charge >= 0.3 is 12.1 Å². The molecule has 0 atom stereocenters. The maximum atomic E-state index is 13.1. The molecule has 0 fully saturated rings. The normalized spacial score (nSPS) is 13.3. The predicted octanol–water partition coefficient (Wildman–Crippen LogP) is 5.70. The smallest absolute Gasteiger partial charge is 0.416 e. The van der Waals surface area contributed by atoms with Crippen LogP contribution in [0.25, 0.3) is 5.69 Å². The quantitative estimate of drug-likeness (QED) is 0.372. The minimum absolute atomic E-state index is 0.314. The number of rotatable bonds is 5. The number of fused-ring (bicyclic) bond motifs is 1. The van der Waals surface area contributed by atoms with Crippen LogP contribution in [0.3, 0.4) is 0 Å². The zero-order valence-electron chi connectivity index (χ0n) is 17.0. The monoisotopic (exact) mass is 447 g/mol.